The number of nitrogens with zero attached hydrogens (tertiary/aromatic N) is 2. The van der Waals surface area contributed by atoms with Crippen LogP contribution in [0.15, 0.2) is 6.20 Å². The molecule has 6 heteroatoms. The molecule has 0 aliphatic heterocycles. The van der Waals surface area contributed by atoms with Crippen LogP contribution in [0.4, 0.5) is 0 Å². The average Bonchev–Trinajstić information content (AvgIpc) is 2.72. The SMILES string of the molecule is CCCn1ncc(Cl)c1C(CCC(C)OC)NN. The lowest BCUT2D eigenvalue weighted by molar-refractivity contribution is 0.105. The third-order valence-corrected chi connectivity index (χ3v) is 3.36. The number of hydrazine groups is 1. The molecule has 0 spiro atoms. The molecule has 104 valence electrons. The van der Waals surface area contributed by atoms with Crippen LogP contribution in [0.3, 0.4) is 0 Å². The van der Waals surface area contributed by atoms with Crippen LogP contribution in [-0.2, 0) is 11.3 Å². The van der Waals surface area contributed by atoms with Gasteiger partial charge < -0.3 is 4.74 Å². The molecule has 1 heterocycles. The summed E-state index contributed by atoms with van der Waals surface area (Å²) in [5.74, 6) is 5.64. The second-order valence-corrected chi connectivity index (χ2v) is 4.85. The lowest BCUT2D eigenvalue weighted by Gasteiger charge is -2.19. The second-order valence-electron chi connectivity index (χ2n) is 4.44. The van der Waals surface area contributed by atoms with E-state index in [1.807, 2.05) is 11.6 Å². The third-order valence-electron chi connectivity index (χ3n) is 3.06. The number of methoxy groups -OCH3 is 1. The molecule has 1 rings (SSSR count). The summed E-state index contributed by atoms with van der Waals surface area (Å²) in [6.45, 7) is 5.00. The maximum absolute atomic E-state index is 6.19. The van der Waals surface area contributed by atoms with E-state index in [0.717, 1.165) is 31.5 Å². The van der Waals surface area contributed by atoms with E-state index in [4.69, 9.17) is 22.2 Å². The first-order chi connectivity index (χ1) is 8.63. The minimum atomic E-state index is 0.00384. The molecule has 2 unspecified atom stereocenters. The Balaban J connectivity index is 2.77. The highest BCUT2D eigenvalue weighted by Crippen LogP contribution is 2.26. The molecule has 18 heavy (non-hydrogen) atoms. The summed E-state index contributed by atoms with van der Waals surface area (Å²) in [6, 6.07) is 0.00384. The van der Waals surface area contributed by atoms with Gasteiger partial charge in [0, 0.05) is 13.7 Å². The molecule has 0 aliphatic rings. The van der Waals surface area contributed by atoms with Crippen molar-refractivity contribution in [3.8, 4) is 0 Å². The highest BCUT2D eigenvalue weighted by Gasteiger charge is 2.19. The van der Waals surface area contributed by atoms with Crippen LogP contribution in [0.25, 0.3) is 0 Å². The fourth-order valence-corrected chi connectivity index (χ4v) is 2.20. The van der Waals surface area contributed by atoms with E-state index < -0.39 is 0 Å². The molecule has 1 aromatic rings. The van der Waals surface area contributed by atoms with Gasteiger partial charge in [-0.15, -0.1) is 0 Å². The first-order valence-electron chi connectivity index (χ1n) is 6.34. The lowest BCUT2D eigenvalue weighted by Crippen LogP contribution is -2.31. The van der Waals surface area contributed by atoms with Crippen LogP contribution in [0.1, 0.15) is 44.8 Å². The summed E-state index contributed by atoms with van der Waals surface area (Å²) >= 11 is 6.19. The monoisotopic (exact) mass is 274 g/mol. The van der Waals surface area contributed by atoms with Crippen molar-refractivity contribution < 1.29 is 4.74 Å². The molecule has 1 aromatic heterocycles. The summed E-state index contributed by atoms with van der Waals surface area (Å²) in [7, 11) is 1.71. The number of nitrogens with two attached hydrogens (primary N) is 1. The minimum absolute atomic E-state index is 0.00384. The first kappa shape index (κ1) is 15.4. The van der Waals surface area contributed by atoms with E-state index >= 15 is 0 Å². The molecule has 3 N–H and O–H groups in total. The maximum Gasteiger partial charge on any atom is 0.0834 e. The Kier molecular flexibility index (Phi) is 6.63. The van der Waals surface area contributed by atoms with Gasteiger partial charge in [-0.2, -0.15) is 5.10 Å². The Hall–Kier alpha value is -0.620. The van der Waals surface area contributed by atoms with E-state index in [2.05, 4.69) is 17.4 Å². The average molecular weight is 275 g/mol. The Bertz CT molecular complexity index is 356. The molecule has 0 saturated carbocycles. The number of ether oxygens (including phenoxy) is 1. The third kappa shape index (κ3) is 3.95. The molecule has 2 atom stereocenters. The maximum atomic E-state index is 6.19. The van der Waals surface area contributed by atoms with Gasteiger partial charge in [-0.25, -0.2) is 0 Å². The fourth-order valence-electron chi connectivity index (χ4n) is 1.93. The van der Waals surface area contributed by atoms with Crippen molar-refractivity contribution in [1.29, 1.82) is 0 Å². The van der Waals surface area contributed by atoms with Crippen LogP contribution >= 0.6 is 11.6 Å². The number of nitrogens with one attached hydrogen (secondary N) is 1. The molecular weight excluding hydrogens is 252 g/mol. The quantitative estimate of drug-likeness (QED) is 0.564. The zero-order valence-corrected chi connectivity index (χ0v) is 12.1. The number of rotatable bonds is 8. The highest BCUT2D eigenvalue weighted by atomic mass is 35.5. The van der Waals surface area contributed by atoms with Crippen molar-refractivity contribution in [3.63, 3.8) is 0 Å². The van der Waals surface area contributed by atoms with Gasteiger partial charge in [0.1, 0.15) is 0 Å². The summed E-state index contributed by atoms with van der Waals surface area (Å²) in [6.07, 6.45) is 4.68. The van der Waals surface area contributed by atoms with Gasteiger partial charge in [-0.1, -0.05) is 18.5 Å². The summed E-state index contributed by atoms with van der Waals surface area (Å²) < 4.78 is 7.17. The molecule has 0 radical (unpaired) electrons. The molecule has 5 nitrogen and oxygen atoms in total. The molecule has 0 aromatic carbocycles. The minimum Gasteiger partial charge on any atom is -0.382 e. The molecule has 0 bridgehead atoms. The van der Waals surface area contributed by atoms with Crippen molar-refractivity contribution in [2.75, 3.05) is 7.11 Å². The zero-order valence-electron chi connectivity index (χ0n) is 11.3. The van der Waals surface area contributed by atoms with Crippen LogP contribution in [0.5, 0.6) is 0 Å². The number of hydrogen-bond donors (Lipinski definition) is 2. The molecular formula is C12H23ClN4O. The van der Waals surface area contributed by atoms with Gasteiger partial charge in [0.05, 0.1) is 29.1 Å². The zero-order chi connectivity index (χ0) is 13.5. The van der Waals surface area contributed by atoms with Gasteiger partial charge in [-0.3, -0.25) is 16.0 Å². The van der Waals surface area contributed by atoms with E-state index in [1.54, 1.807) is 13.3 Å². The predicted octanol–water partition coefficient (Wildman–Crippen LogP) is 2.27. The van der Waals surface area contributed by atoms with Crippen molar-refractivity contribution in [1.82, 2.24) is 15.2 Å². The smallest absolute Gasteiger partial charge is 0.0834 e. The number of aryl methyl sites for hydroxylation is 1. The van der Waals surface area contributed by atoms with Gasteiger partial charge in [0.25, 0.3) is 0 Å². The highest BCUT2D eigenvalue weighted by molar-refractivity contribution is 6.31. The fraction of sp³-hybridized carbons (Fsp3) is 0.750. The van der Waals surface area contributed by atoms with Crippen LogP contribution < -0.4 is 11.3 Å². The Labute approximate surface area is 114 Å². The number of halogens is 1. The Morgan fingerprint density at radius 2 is 2.28 bits per heavy atom. The van der Waals surface area contributed by atoms with Gasteiger partial charge in [0.15, 0.2) is 0 Å². The van der Waals surface area contributed by atoms with Crippen molar-refractivity contribution in [3.05, 3.63) is 16.9 Å². The van der Waals surface area contributed by atoms with E-state index in [9.17, 15) is 0 Å². The van der Waals surface area contributed by atoms with E-state index in [0.29, 0.717) is 5.02 Å². The first-order valence-corrected chi connectivity index (χ1v) is 6.71. The second kappa shape index (κ2) is 7.74. The topological polar surface area (TPSA) is 65.1 Å². The standard InChI is InChI=1S/C12H23ClN4O/c1-4-7-17-12(10(13)8-15-17)11(16-14)6-5-9(2)18-3/h8-9,11,16H,4-7,14H2,1-3H3. The van der Waals surface area contributed by atoms with Crippen molar-refractivity contribution >= 4 is 11.6 Å². The summed E-state index contributed by atoms with van der Waals surface area (Å²) in [4.78, 5) is 0. The van der Waals surface area contributed by atoms with Crippen molar-refractivity contribution in [2.45, 2.75) is 51.8 Å². The summed E-state index contributed by atoms with van der Waals surface area (Å²) in [5.41, 5.74) is 3.79. The van der Waals surface area contributed by atoms with E-state index in [-0.39, 0.29) is 12.1 Å². The van der Waals surface area contributed by atoms with E-state index in [1.165, 1.54) is 0 Å². The van der Waals surface area contributed by atoms with Gasteiger partial charge in [-0.05, 0) is 26.2 Å². The molecule has 0 aliphatic carbocycles. The normalized spacial score (nSPS) is 14.7. The molecule has 0 saturated heterocycles. The predicted molar refractivity (Wildman–Crippen MR) is 73.3 cm³/mol. The largest absolute Gasteiger partial charge is 0.382 e. The van der Waals surface area contributed by atoms with Crippen molar-refractivity contribution in [2.24, 2.45) is 5.84 Å². The van der Waals surface area contributed by atoms with Crippen LogP contribution in [-0.4, -0.2) is 23.0 Å². The van der Waals surface area contributed by atoms with Gasteiger partial charge in [0.2, 0.25) is 0 Å². The number of aromatic nitrogens is 2. The van der Waals surface area contributed by atoms with Crippen LogP contribution in [0.2, 0.25) is 5.02 Å². The molecule has 0 amide bonds. The Morgan fingerprint density at radius 1 is 1.56 bits per heavy atom. The van der Waals surface area contributed by atoms with Crippen LogP contribution in [0, 0.1) is 0 Å². The lowest BCUT2D eigenvalue weighted by atomic mass is 10.1. The summed E-state index contributed by atoms with van der Waals surface area (Å²) in [5, 5.41) is 4.94. The molecule has 0 fully saturated rings. The van der Waals surface area contributed by atoms with Gasteiger partial charge >= 0.3 is 0 Å². The number of hydrogen-bond acceptors (Lipinski definition) is 4. The Morgan fingerprint density at radius 3 is 2.83 bits per heavy atom.